The molecule has 1 saturated heterocycles. The second-order valence-corrected chi connectivity index (χ2v) is 10.9. The molecule has 0 spiro atoms. The van der Waals surface area contributed by atoms with Gasteiger partial charge < -0.3 is 19.9 Å². The summed E-state index contributed by atoms with van der Waals surface area (Å²) in [5.41, 5.74) is 4.43. The number of morpholine rings is 1. The standard InChI is InChI=1S/C27H33N5O2/c1-26(2)18-8-10-27(26,3)21(16-18)29-25(33)20-9-11-28-24-22(20)30-23(31-24)17-4-6-19(7-5-17)32-12-14-34-15-13-32/h4-7,9,11,18,21H,8,10,12-16H2,1-3H3,(H,29,33)(H,28,30,31)/t18?,21-,27-/m0/s1. The number of hydrogen-bond acceptors (Lipinski definition) is 5. The summed E-state index contributed by atoms with van der Waals surface area (Å²) in [6.07, 6.45) is 5.18. The van der Waals surface area contributed by atoms with E-state index in [0.29, 0.717) is 22.6 Å². The van der Waals surface area contributed by atoms with E-state index in [1.807, 2.05) is 0 Å². The summed E-state index contributed by atoms with van der Waals surface area (Å²) in [7, 11) is 0. The first-order valence-electron chi connectivity index (χ1n) is 12.5. The van der Waals surface area contributed by atoms with E-state index >= 15 is 0 Å². The molecule has 1 unspecified atom stereocenters. The lowest BCUT2D eigenvalue weighted by Crippen LogP contribution is -2.46. The molecular formula is C27H33N5O2. The molecule has 3 fully saturated rings. The minimum absolute atomic E-state index is 0.0418. The number of imidazole rings is 1. The number of rotatable bonds is 4. The number of anilines is 1. The van der Waals surface area contributed by atoms with Crippen molar-refractivity contribution >= 4 is 22.8 Å². The molecule has 178 valence electrons. The molecule has 3 aromatic rings. The highest BCUT2D eigenvalue weighted by Gasteiger charge is 2.61. The lowest BCUT2D eigenvalue weighted by molar-refractivity contribution is 0.0827. The van der Waals surface area contributed by atoms with Gasteiger partial charge in [0, 0.05) is 36.6 Å². The topological polar surface area (TPSA) is 83.1 Å². The fourth-order valence-electron chi connectivity index (χ4n) is 6.55. The molecule has 0 radical (unpaired) electrons. The van der Waals surface area contributed by atoms with Gasteiger partial charge in [-0.25, -0.2) is 9.97 Å². The predicted molar refractivity (Wildman–Crippen MR) is 133 cm³/mol. The Bertz CT molecular complexity index is 1230. The summed E-state index contributed by atoms with van der Waals surface area (Å²) >= 11 is 0. The van der Waals surface area contributed by atoms with Gasteiger partial charge in [-0.15, -0.1) is 0 Å². The van der Waals surface area contributed by atoms with Crippen LogP contribution in [0.2, 0.25) is 0 Å². The van der Waals surface area contributed by atoms with Gasteiger partial charge in [-0.2, -0.15) is 0 Å². The molecular weight excluding hydrogens is 426 g/mol. The zero-order chi connectivity index (χ0) is 23.5. The number of benzene rings is 1. The van der Waals surface area contributed by atoms with Crippen LogP contribution in [0.15, 0.2) is 36.5 Å². The van der Waals surface area contributed by atoms with Crippen LogP contribution in [0.4, 0.5) is 5.69 Å². The minimum Gasteiger partial charge on any atom is -0.378 e. The molecule has 2 bridgehead atoms. The molecule has 2 saturated carbocycles. The summed E-state index contributed by atoms with van der Waals surface area (Å²) in [5.74, 6) is 1.36. The minimum atomic E-state index is -0.0418. The molecule has 2 N–H and O–H groups in total. The number of amides is 1. The Balaban J connectivity index is 1.25. The van der Waals surface area contributed by atoms with Crippen molar-refractivity contribution in [3.63, 3.8) is 0 Å². The summed E-state index contributed by atoms with van der Waals surface area (Å²) in [4.78, 5) is 28.2. The molecule has 3 heterocycles. The summed E-state index contributed by atoms with van der Waals surface area (Å²) in [6.45, 7) is 10.4. The van der Waals surface area contributed by atoms with Crippen LogP contribution in [0.1, 0.15) is 50.4 Å². The molecule has 1 amide bonds. The zero-order valence-electron chi connectivity index (χ0n) is 20.2. The first-order valence-corrected chi connectivity index (χ1v) is 12.5. The first-order chi connectivity index (χ1) is 16.4. The Hall–Kier alpha value is -2.93. The normalized spacial score (nSPS) is 27.9. The number of ether oxygens (including phenoxy) is 1. The highest BCUT2D eigenvalue weighted by molar-refractivity contribution is 6.04. The van der Waals surface area contributed by atoms with E-state index in [-0.39, 0.29) is 22.8 Å². The fourth-order valence-corrected chi connectivity index (χ4v) is 6.55. The van der Waals surface area contributed by atoms with Crippen LogP contribution in [0, 0.1) is 16.7 Å². The van der Waals surface area contributed by atoms with Crippen molar-refractivity contribution in [2.75, 3.05) is 31.2 Å². The number of pyridine rings is 1. The van der Waals surface area contributed by atoms with Crippen molar-refractivity contribution in [2.24, 2.45) is 16.7 Å². The number of carbonyl (C=O) groups is 1. The van der Waals surface area contributed by atoms with Crippen LogP contribution < -0.4 is 10.2 Å². The van der Waals surface area contributed by atoms with Crippen molar-refractivity contribution in [3.05, 3.63) is 42.1 Å². The van der Waals surface area contributed by atoms with E-state index in [9.17, 15) is 4.79 Å². The molecule has 3 atom stereocenters. The summed E-state index contributed by atoms with van der Waals surface area (Å²) in [5, 5.41) is 3.38. The second-order valence-electron chi connectivity index (χ2n) is 10.9. The fraction of sp³-hybridized carbons (Fsp3) is 0.519. The Morgan fingerprint density at radius 1 is 1.15 bits per heavy atom. The lowest BCUT2D eigenvalue weighted by Gasteiger charge is -2.39. The van der Waals surface area contributed by atoms with Gasteiger partial charge in [-0.3, -0.25) is 4.79 Å². The Labute approximate surface area is 200 Å². The van der Waals surface area contributed by atoms with Gasteiger partial charge in [0.15, 0.2) is 5.65 Å². The van der Waals surface area contributed by atoms with Crippen LogP contribution in [-0.4, -0.2) is 53.2 Å². The molecule has 2 aliphatic carbocycles. The number of carbonyl (C=O) groups excluding carboxylic acids is 1. The highest BCUT2D eigenvalue weighted by Crippen LogP contribution is 2.65. The van der Waals surface area contributed by atoms with E-state index in [0.717, 1.165) is 44.1 Å². The van der Waals surface area contributed by atoms with Gasteiger partial charge in [-0.05, 0) is 66.3 Å². The smallest absolute Gasteiger partial charge is 0.253 e. The van der Waals surface area contributed by atoms with Crippen molar-refractivity contribution in [1.82, 2.24) is 20.3 Å². The van der Waals surface area contributed by atoms with Gasteiger partial charge in [-0.1, -0.05) is 20.8 Å². The van der Waals surface area contributed by atoms with Crippen LogP contribution >= 0.6 is 0 Å². The van der Waals surface area contributed by atoms with Crippen LogP contribution in [0.5, 0.6) is 0 Å². The Morgan fingerprint density at radius 2 is 1.91 bits per heavy atom. The number of hydrogen-bond donors (Lipinski definition) is 2. The largest absolute Gasteiger partial charge is 0.378 e. The SMILES string of the molecule is CC1(C)C2CC[C@@]1(C)[C@@H](NC(=O)c1ccnc3nc(-c4ccc(N5CCOCC5)cc4)[nH]c13)C2. The molecule has 7 nitrogen and oxygen atoms in total. The third-order valence-electron chi connectivity index (χ3n) is 9.25. The Morgan fingerprint density at radius 3 is 2.59 bits per heavy atom. The number of fused-ring (bicyclic) bond motifs is 3. The number of nitrogens with zero attached hydrogens (tertiary/aromatic N) is 3. The highest BCUT2D eigenvalue weighted by atomic mass is 16.5. The zero-order valence-corrected chi connectivity index (χ0v) is 20.2. The predicted octanol–water partition coefficient (Wildman–Crippen LogP) is 4.41. The first kappa shape index (κ1) is 21.6. The Kier molecular flexibility index (Phi) is 4.96. The van der Waals surface area contributed by atoms with Gasteiger partial charge in [0.25, 0.3) is 5.91 Å². The van der Waals surface area contributed by atoms with Crippen molar-refractivity contribution in [1.29, 1.82) is 0 Å². The van der Waals surface area contributed by atoms with Crippen molar-refractivity contribution in [2.45, 2.75) is 46.1 Å². The van der Waals surface area contributed by atoms with E-state index in [1.54, 1.807) is 12.3 Å². The molecule has 6 rings (SSSR count). The number of aromatic amines is 1. The quantitative estimate of drug-likeness (QED) is 0.604. The van der Waals surface area contributed by atoms with E-state index in [2.05, 4.69) is 65.2 Å². The average Bonchev–Trinajstić information content (AvgIpc) is 3.44. The summed E-state index contributed by atoms with van der Waals surface area (Å²) < 4.78 is 5.45. The average molecular weight is 460 g/mol. The maximum Gasteiger partial charge on any atom is 0.253 e. The molecule has 2 aromatic heterocycles. The number of nitrogens with one attached hydrogen (secondary N) is 2. The van der Waals surface area contributed by atoms with Gasteiger partial charge in [0.2, 0.25) is 0 Å². The number of aromatic nitrogens is 3. The third-order valence-corrected chi connectivity index (χ3v) is 9.25. The molecule has 7 heteroatoms. The monoisotopic (exact) mass is 459 g/mol. The molecule has 34 heavy (non-hydrogen) atoms. The van der Waals surface area contributed by atoms with Gasteiger partial charge in [0.1, 0.15) is 5.82 Å². The maximum atomic E-state index is 13.4. The molecule has 3 aliphatic rings. The maximum absolute atomic E-state index is 13.4. The third kappa shape index (κ3) is 3.24. The molecule has 1 aromatic carbocycles. The number of H-pyrrole nitrogens is 1. The second kappa shape index (κ2) is 7.80. The van der Waals surface area contributed by atoms with E-state index < -0.39 is 0 Å². The summed E-state index contributed by atoms with van der Waals surface area (Å²) in [6, 6.07) is 10.4. The van der Waals surface area contributed by atoms with Crippen LogP contribution in [-0.2, 0) is 4.74 Å². The van der Waals surface area contributed by atoms with Crippen molar-refractivity contribution < 1.29 is 9.53 Å². The van der Waals surface area contributed by atoms with E-state index in [1.165, 1.54) is 18.5 Å². The van der Waals surface area contributed by atoms with Crippen LogP contribution in [0.25, 0.3) is 22.6 Å². The van der Waals surface area contributed by atoms with Crippen LogP contribution in [0.3, 0.4) is 0 Å². The van der Waals surface area contributed by atoms with Gasteiger partial charge >= 0.3 is 0 Å². The van der Waals surface area contributed by atoms with E-state index in [4.69, 9.17) is 9.72 Å². The molecule has 1 aliphatic heterocycles. The lowest BCUT2D eigenvalue weighted by atomic mass is 9.69. The van der Waals surface area contributed by atoms with Crippen molar-refractivity contribution in [3.8, 4) is 11.4 Å². The van der Waals surface area contributed by atoms with Gasteiger partial charge in [0.05, 0.1) is 24.3 Å².